The van der Waals surface area contributed by atoms with Crippen molar-refractivity contribution < 1.29 is 4.74 Å². The highest BCUT2D eigenvalue weighted by molar-refractivity contribution is 9.11. The summed E-state index contributed by atoms with van der Waals surface area (Å²) in [6.07, 6.45) is 0. The largest absolute Gasteiger partial charge is 0.378 e. The monoisotopic (exact) mass is 569 g/mol. The SMILES string of the molecule is CC(C)(C)c1ccc(N2CCOCC2)s1.CC(C)(C)c1cccs1.CC(C)c1ccc(Br)s1. The van der Waals surface area contributed by atoms with E-state index in [1.165, 1.54) is 23.4 Å². The first-order valence-electron chi connectivity index (χ1n) is 11.6. The van der Waals surface area contributed by atoms with Gasteiger partial charge in [0, 0.05) is 27.7 Å². The predicted molar refractivity (Wildman–Crippen MR) is 155 cm³/mol. The third kappa shape index (κ3) is 9.85. The van der Waals surface area contributed by atoms with E-state index >= 15 is 0 Å². The van der Waals surface area contributed by atoms with Gasteiger partial charge in [-0.2, -0.15) is 0 Å². The number of ether oxygens (including phenoxy) is 1. The van der Waals surface area contributed by atoms with Gasteiger partial charge in [0.05, 0.1) is 22.0 Å². The van der Waals surface area contributed by atoms with E-state index in [0.29, 0.717) is 11.3 Å². The Bertz CT molecular complexity index is 923. The van der Waals surface area contributed by atoms with E-state index in [2.05, 4.69) is 118 Å². The molecule has 0 saturated carbocycles. The van der Waals surface area contributed by atoms with Crippen molar-refractivity contribution in [1.82, 2.24) is 0 Å². The number of nitrogens with zero attached hydrogens (tertiary/aromatic N) is 1. The molecule has 0 N–H and O–H groups in total. The van der Waals surface area contributed by atoms with Gasteiger partial charge in [-0.25, -0.2) is 0 Å². The summed E-state index contributed by atoms with van der Waals surface area (Å²) in [5.74, 6) is 0.668. The van der Waals surface area contributed by atoms with E-state index in [-0.39, 0.29) is 5.41 Å². The number of rotatable bonds is 2. The van der Waals surface area contributed by atoms with Crippen LogP contribution in [0.3, 0.4) is 0 Å². The summed E-state index contributed by atoms with van der Waals surface area (Å²) >= 11 is 8.98. The Labute approximate surface area is 222 Å². The summed E-state index contributed by atoms with van der Waals surface area (Å²) in [6, 6.07) is 13.1. The number of hydrogen-bond acceptors (Lipinski definition) is 5. The van der Waals surface area contributed by atoms with Gasteiger partial charge in [0.2, 0.25) is 0 Å². The third-order valence-electron chi connectivity index (χ3n) is 5.08. The zero-order valence-electron chi connectivity index (χ0n) is 21.4. The van der Waals surface area contributed by atoms with E-state index in [1.807, 2.05) is 34.0 Å². The zero-order valence-corrected chi connectivity index (χ0v) is 25.4. The molecule has 2 nitrogen and oxygen atoms in total. The van der Waals surface area contributed by atoms with Gasteiger partial charge < -0.3 is 9.64 Å². The minimum absolute atomic E-state index is 0.273. The molecule has 0 bridgehead atoms. The quantitative estimate of drug-likeness (QED) is 0.304. The first-order chi connectivity index (χ1) is 15.4. The molecule has 0 aliphatic carbocycles. The number of thiophene rings is 3. The summed E-state index contributed by atoms with van der Waals surface area (Å²) in [5.41, 5.74) is 0.614. The summed E-state index contributed by atoms with van der Waals surface area (Å²) in [7, 11) is 0. The fourth-order valence-corrected chi connectivity index (χ4v) is 6.38. The Hall–Kier alpha value is -0.660. The summed E-state index contributed by atoms with van der Waals surface area (Å²) in [4.78, 5) is 6.79. The molecular weight excluding hydrogens is 530 g/mol. The van der Waals surface area contributed by atoms with Crippen LogP contribution in [0.1, 0.15) is 75.9 Å². The first-order valence-corrected chi connectivity index (χ1v) is 14.9. The molecule has 0 aromatic carbocycles. The molecule has 1 aliphatic rings. The molecule has 0 radical (unpaired) electrons. The summed E-state index contributed by atoms with van der Waals surface area (Å²) in [5, 5.41) is 3.52. The topological polar surface area (TPSA) is 12.5 Å². The molecule has 0 spiro atoms. The molecule has 3 aromatic heterocycles. The van der Waals surface area contributed by atoms with E-state index in [0.717, 1.165) is 26.3 Å². The number of anilines is 1. The van der Waals surface area contributed by atoms with Gasteiger partial charge in [0.1, 0.15) is 0 Å². The van der Waals surface area contributed by atoms with Crippen LogP contribution in [0.5, 0.6) is 0 Å². The number of hydrogen-bond donors (Lipinski definition) is 0. The molecule has 4 rings (SSSR count). The predicted octanol–water partition coefficient (Wildman–Crippen LogP) is 9.56. The van der Waals surface area contributed by atoms with Crippen LogP contribution in [-0.4, -0.2) is 26.3 Å². The van der Waals surface area contributed by atoms with E-state index in [9.17, 15) is 0 Å². The summed E-state index contributed by atoms with van der Waals surface area (Å²) < 4.78 is 6.59. The Morgan fingerprint density at radius 2 is 1.48 bits per heavy atom. The normalized spacial score (nSPS) is 14.4. The molecule has 3 aromatic rings. The van der Waals surface area contributed by atoms with E-state index < -0.39 is 0 Å². The standard InChI is InChI=1S/C12H19NOS.C8H12S.C7H9BrS/c1-12(2,3)10-4-5-11(15-10)13-6-8-14-9-7-13;1-8(2,3)7-5-4-6-9-7;1-5(2)6-3-4-7(8)9-6/h4-5H,6-9H2,1-3H3;4-6H,1-3H3;3-5H,1-2H3. The average molecular weight is 571 g/mol. The molecule has 4 heterocycles. The van der Waals surface area contributed by atoms with Gasteiger partial charge in [-0.3, -0.25) is 0 Å². The van der Waals surface area contributed by atoms with Crippen molar-refractivity contribution >= 4 is 54.9 Å². The molecule has 184 valence electrons. The minimum Gasteiger partial charge on any atom is -0.378 e. The van der Waals surface area contributed by atoms with E-state index in [4.69, 9.17) is 4.74 Å². The third-order valence-corrected chi connectivity index (χ3v) is 9.87. The molecule has 1 saturated heterocycles. The second kappa shape index (κ2) is 12.9. The summed E-state index contributed by atoms with van der Waals surface area (Å²) in [6.45, 7) is 21.7. The van der Waals surface area contributed by atoms with Gasteiger partial charge >= 0.3 is 0 Å². The maximum Gasteiger partial charge on any atom is 0.0913 e. The maximum atomic E-state index is 5.36. The maximum absolute atomic E-state index is 5.36. The van der Waals surface area contributed by atoms with Crippen molar-refractivity contribution in [1.29, 1.82) is 0 Å². The Morgan fingerprint density at radius 3 is 1.85 bits per heavy atom. The lowest BCUT2D eigenvalue weighted by Gasteiger charge is -2.27. The lowest BCUT2D eigenvalue weighted by atomic mass is 9.95. The van der Waals surface area contributed by atoms with Crippen LogP contribution in [0.4, 0.5) is 5.00 Å². The minimum atomic E-state index is 0.273. The van der Waals surface area contributed by atoms with Gasteiger partial charge in [0.15, 0.2) is 0 Å². The van der Waals surface area contributed by atoms with Crippen LogP contribution in [0.2, 0.25) is 0 Å². The highest BCUT2D eigenvalue weighted by Crippen LogP contribution is 2.34. The molecule has 6 heteroatoms. The number of halogens is 1. The second-order valence-corrected chi connectivity index (χ2v) is 15.0. The van der Waals surface area contributed by atoms with Gasteiger partial charge in [-0.1, -0.05) is 61.5 Å². The fourth-order valence-electron chi connectivity index (χ4n) is 3.03. The van der Waals surface area contributed by atoms with Gasteiger partial charge in [-0.15, -0.1) is 34.0 Å². The van der Waals surface area contributed by atoms with Gasteiger partial charge in [0.25, 0.3) is 0 Å². The fraction of sp³-hybridized carbons (Fsp3) is 0.556. The van der Waals surface area contributed by atoms with Crippen molar-refractivity contribution in [2.75, 3.05) is 31.2 Å². The van der Waals surface area contributed by atoms with E-state index in [1.54, 1.807) is 0 Å². The van der Waals surface area contributed by atoms with Crippen LogP contribution in [0.15, 0.2) is 45.6 Å². The molecule has 0 amide bonds. The van der Waals surface area contributed by atoms with Crippen LogP contribution >= 0.6 is 49.9 Å². The van der Waals surface area contributed by atoms with Crippen molar-refractivity contribution in [3.05, 3.63) is 60.2 Å². The van der Waals surface area contributed by atoms with Crippen LogP contribution in [-0.2, 0) is 15.6 Å². The lowest BCUT2D eigenvalue weighted by Crippen LogP contribution is -2.35. The first kappa shape index (κ1) is 28.6. The Kier molecular flexibility index (Phi) is 11.1. The van der Waals surface area contributed by atoms with Crippen molar-refractivity contribution in [2.24, 2.45) is 0 Å². The van der Waals surface area contributed by atoms with Crippen molar-refractivity contribution in [2.45, 2.75) is 72.1 Å². The molecule has 33 heavy (non-hydrogen) atoms. The Morgan fingerprint density at radius 1 is 0.848 bits per heavy atom. The Balaban J connectivity index is 0.000000186. The van der Waals surface area contributed by atoms with Crippen molar-refractivity contribution in [3.63, 3.8) is 0 Å². The number of morpholine rings is 1. The highest BCUT2D eigenvalue weighted by atomic mass is 79.9. The van der Waals surface area contributed by atoms with Gasteiger partial charge in [-0.05, 0) is 68.4 Å². The molecule has 0 unspecified atom stereocenters. The van der Waals surface area contributed by atoms with Crippen LogP contribution in [0.25, 0.3) is 0 Å². The molecule has 1 aliphatic heterocycles. The van der Waals surface area contributed by atoms with Crippen LogP contribution in [0, 0.1) is 0 Å². The zero-order chi connectivity index (χ0) is 24.6. The smallest absolute Gasteiger partial charge is 0.0913 e. The molecule has 0 atom stereocenters. The van der Waals surface area contributed by atoms with Crippen LogP contribution < -0.4 is 4.90 Å². The van der Waals surface area contributed by atoms with Crippen molar-refractivity contribution in [3.8, 4) is 0 Å². The average Bonchev–Trinajstić information content (AvgIpc) is 3.50. The second-order valence-electron chi connectivity index (χ2n) is 10.5. The molecular formula is C27H40BrNOS3. The lowest BCUT2D eigenvalue weighted by molar-refractivity contribution is 0.123. The highest BCUT2D eigenvalue weighted by Gasteiger charge is 2.19. The molecule has 1 fully saturated rings.